The quantitative estimate of drug-likeness (QED) is 0.203. The highest BCUT2D eigenvalue weighted by Gasteiger charge is 2.38. The first-order valence-electron chi connectivity index (χ1n) is 17.5. The molecule has 7 rings (SSSR count). The lowest BCUT2D eigenvalue weighted by Crippen LogP contribution is -2.46. The predicted molar refractivity (Wildman–Crippen MR) is 186 cm³/mol. The van der Waals surface area contributed by atoms with E-state index >= 15 is 0 Å². The number of ketones is 2. The molecule has 8 heteroatoms. The number of hydrogen-bond acceptors (Lipinski definition) is 5. The van der Waals surface area contributed by atoms with E-state index < -0.39 is 12.1 Å². The molecule has 2 N–H and O–H groups in total. The van der Waals surface area contributed by atoms with Crippen molar-refractivity contribution in [1.29, 1.82) is 0 Å². The maximum Gasteiger partial charge on any atom is 0.244 e. The largest absolute Gasteiger partial charge is 0.355 e. The van der Waals surface area contributed by atoms with E-state index in [1.807, 2.05) is 71.6 Å². The third-order valence-electron chi connectivity index (χ3n) is 10.4. The average Bonchev–Trinajstić information content (AvgIpc) is 3.48. The molecule has 0 bridgehead atoms. The van der Waals surface area contributed by atoms with E-state index in [1.54, 1.807) is 11.9 Å². The van der Waals surface area contributed by atoms with Crippen molar-refractivity contribution in [3.63, 3.8) is 0 Å². The zero-order valence-corrected chi connectivity index (χ0v) is 27.6. The molecule has 3 heterocycles. The van der Waals surface area contributed by atoms with Crippen molar-refractivity contribution in [2.24, 2.45) is 5.92 Å². The third-order valence-corrected chi connectivity index (χ3v) is 10.4. The molecule has 2 amide bonds. The Labute approximate surface area is 281 Å². The van der Waals surface area contributed by atoms with Crippen molar-refractivity contribution in [2.45, 2.75) is 75.9 Å². The van der Waals surface area contributed by atoms with Crippen LogP contribution in [0.5, 0.6) is 0 Å². The van der Waals surface area contributed by atoms with Crippen LogP contribution in [0.1, 0.15) is 67.7 Å². The molecule has 1 saturated carbocycles. The number of likely N-dealkylation sites (N-methyl/N-ethyl adjacent to an activating group) is 1. The third kappa shape index (κ3) is 6.85. The summed E-state index contributed by atoms with van der Waals surface area (Å²) in [5.41, 5.74) is 5.73. The number of aromatic amines is 1. The number of carbonyl (C=O) groups is 4. The lowest BCUT2D eigenvalue weighted by atomic mass is 9.99. The van der Waals surface area contributed by atoms with Crippen molar-refractivity contribution >= 4 is 34.3 Å². The molecule has 2 aliphatic heterocycles. The molecule has 1 aromatic heterocycles. The second kappa shape index (κ2) is 13.9. The minimum Gasteiger partial charge on any atom is -0.355 e. The molecule has 3 fully saturated rings. The van der Waals surface area contributed by atoms with E-state index in [-0.39, 0.29) is 35.8 Å². The van der Waals surface area contributed by atoms with Gasteiger partial charge in [-0.2, -0.15) is 0 Å². The van der Waals surface area contributed by atoms with Gasteiger partial charge in [0.1, 0.15) is 6.04 Å². The van der Waals surface area contributed by atoms with Crippen molar-refractivity contribution in [2.75, 3.05) is 20.1 Å². The minimum atomic E-state index is -0.478. The highest BCUT2D eigenvalue weighted by molar-refractivity contribution is 5.94. The number of aromatic nitrogens is 1. The molecule has 3 aromatic carbocycles. The summed E-state index contributed by atoms with van der Waals surface area (Å²) in [5, 5.41) is 4.16. The molecule has 0 unspecified atom stereocenters. The summed E-state index contributed by atoms with van der Waals surface area (Å²) >= 11 is 0. The number of Topliss-reactive ketones (excluding diaryl/α,β-unsaturated/α-hetero) is 2. The van der Waals surface area contributed by atoms with Crippen LogP contribution in [0.4, 0.5) is 0 Å². The minimum absolute atomic E-state index is 0.0554. The van der Waals surface area contributed by atoms with Crippen LogP contribution in [0.25, 0.3) is 22.2 Å². The Bertz CT molecular complexity index is 1810. The molecule has 0 spiro atoms. The van der Waals surface area contributed by atoms with Gasteiger partial charge in [-0.25, -0.2) is 0 Å². The molecule has 3 aliphatic rings. The van der Waals surface area contributed by atoms with Crippen LogP contribution in [-0.2, 0) is 32.0 Å². The summed E-state index contributed by atoms with van der Waals surface area (Å²) < 4.78 is 0. The number of nitrogens with one attached hydrogen (secondary N) is 2. The smallest absolute Gasteiger partial charge is 0.244 e. The van der Waals surface area contributed by atoms with Crippen LogP contribution < -0.4 is 5.32 Å². The number of benzene rings is 3. The lowest BCUT2D eigenvalue weighted by molar-refractivity contribution is -0.139. The van der Waals surface area contributed by atoms with Gasteiger partial charge in [0.05, 0.1) is 12.1 Å². The summed E-state index contributed by atoms with van der Waals surface area (Å²) in [6.07, 6.45) is 6.63. The number of carbonyl (C=O) groups excluding carboxylic acids is 4. The van der Waals surface area contributed by atoms with E-state index in [0.29, 0.717) is 38.3 Å². The van der Waals surface area contributed by atoms with Crippen LogP contribution in [0.2, 0.25) is 0 Å². The maximum atomic E-state index is 13.6. The number of H-pyrrole nitrogens is 1. The standard InChI is InChI=1S/C40H44N4O4/c1-41-39(30-7-3-2-4-8-30)40(48)44-20-6-10-35(44)37(46)23-28-15-18-32-31(21-28)25-33(42-32)29-16-13-26(14-17-29)22-36(45)34-9-5-19-43(34)38(47)24-27-11-12-27/h2-4,7-8,13-18,21,25,27,34-35,39,41-42H,5-6,9-12,19-20,22-24H2,1H3/t34-,35-,39+/m0/s1. The van der Waals surface area contributed by atoms with Gasteiger partial charge >= 0.3 is 0 Å². The highest BCUT2D eigenvalue weighted by atomic mass is 16.2. The van der Waals surface area contributed by atoms with Crippen molar-refractivity contribution in [1.82, 2.24) is 20.1 Å². The van der Waals surface area contributed by atoms with Gasteiger partial charge in [0.25, 0.3) is 0 Å². The number of hydrogen-bond donors (Lipinski definition) is 2. The van der Waals surface area contributed by atoms with Crippen LogP contribution in [0.15, 0.2) is 78.9 Å². The van der Waals surface area contributed by atoms with Gasteiger partial charge in [0.2, 0.25) is 11.8 Å². The molecular weight excluding hydrogens is 600 g/mol. The highest BCUT2D eigenvalue weighted by Crippen LogP contribution is 2.34. The fourth-order valence-electron chi connectivity index (χ4n) is 7.58. The van der Waals surface area contributed by atoms with E-state index in [1.165, 1.54) is 0 Å². The molecule has 1 aliphatic carbocycles. The number of likely N-dealkylation sites (tertiary alicyclic amines) is 2. The van der Waals surface area contributed by atoms with Gasteiger partial charge in [-0.05, 0) is 91.9 Å². The molecule has 4 aromatic rings. The molecule has 3 atom stereocenters. The summed E-state index contributed by atoms with van der Waals surface area (Å²) in [6, 6.07) is 24.7. The molecule has 248 valence electrons. The van der Waals surface area contributed by atoms with Crippen LogP contribution in [-0.4, -0.2) is 70.4 Å². The van der Waals surface area contributed by atoms with Gasteiger partial charge in [0.15, 0.2) is 11.6 Å². The summed E-state index contributed by atoms with van der Waals surface area (Å²) in [5.74, 6) is 0.807. The van der Waals surface area contributed by atoms with Gasteiger partial charge in [-0.15, -0.1) is 0 Å². The second-order valence-corrected chi connectivity index (χ2v) is 13.8. The summed E-state index contributed by atoms with van der Waals surface area (Å²) in [4.78, 5) is 60.1. The zero-order chi connectivity index (χ0) is 33.2. The molecule has 0 radical (unpaired) electrons. The van der Waals surface area contributed by atoms with Crippen molar-refractivity contribution < 1.29 is 19.2 Å². The number of rotatable bonds is 12. The van der Waals surface area contributed by atoms with Crippen molar-refractivity contribution in [3.8, 4) is 11.3 Å². The van der Waals surface area contributed by atoms with E-state index in [4.69, 9.17) is 0 Å². The van der Waals surface area contributed by atoms with E-state index in [2.05, 4.69) is 22.4 Å². The van der Waals surface area contributed by atoms with Crippen LogP contribution in [0, 0.1) is 5.92 Å². The van der Waals surface area contributed by atoms with Crippen LogP contribution >= 0.6 is 0 Å². The summed E-state index contributed by atoms with van der Waals surface area (Å²) in [6.45, 7) is 1.29. The lowest BCUT2D eigenvalue weighted by Gasteiger charge is -2.28. The zero-order valence-electron chi connectivity index (χ0n) is 27.6. The molecule has 2 saturated heterocycles. The van der Waals surface area contributed by atoms with Gasteiger partial charge < -0.3 is 20.1 Å². The van der Waals surface area contributed by atoms with Gasteiger partial charge in [-0.3, -0.25) is 19.2 Å². The van der Waals surface area contributed by atoms with Crippen LogP contribution in [0.3, 0.4) is 0 Å². The Morgan fingerprint density at radius 3 is 2.10 bits per heavy atom. The fourth-order valence-corrected chi connectivity index (χ4v) is 7.58. The Balaban J connectivity index is 0.985. The van der Waals surface area contributed by atoms with E-state index in [0.717, 1.165) is 71.0 Å². The normalized spacial score (nSPS) is 19.9. The maximum absolute atomic E-state index is 13.6. The van der Waals surface area contributed by atoms with Crippen molar-refractivity contribution in [3.05, 3.63) is 95.6 Å². The predicted octanol–water partition coefficient (Wildman–Crippen LogP) is 5.80. The Hall–Kier alpha value is -4.56. The average molecular weight is 645 g/mol. The Morgan fingerprint density at radius 1 is 0.771 bits per heavy atom. The first kappa shape index (κ1) is 32.0. The summed E-state index contributed by atoms with van der Waals surface area (Å²) in [7, 11) is 1.78. The molecule has 8 nitrogen and oxygen atoms in total. The Morgan fingerprint density at radius 2 is 1.42 bits per heavy atom. The number of amides is 2. The molecule has 48 heavy (non-hydrogen) atoms. The second-order valence-electron chi connectivity index (χ2n) is 13.8. The fraction of sp³-hybridized carbons (Fsp3) is 0.400. The first-order chi connectivity index (χ1) is 23.4. The van der Waals surface area contributed by atoms with Gasteiger partial charge in [-0.1, -0.05) is 60.7 Å². The Kier molecular flexibility index (Phi) is 9.26. The topological polar surface area (TPSA) is 103 Å². The molecular formula is C40H44N4O4. The van der Waals surface area contributed by atoms with E-state index in [9.17, 15) is 19.2 Å². The monoisotopic (exact) mass is 644 g/mol. The number of nitrogens with zero attached hydrogens (tertiary/aromatic N) is 2. The first-order valence-corrected chi connectivity index (χ1v) is 17.5. The van der Waals surface area contributed by atoms with Gasteiger partial charge in [0, 0.05) is 48.9 Å². The number of fused-ring (bicyclic) bond motifs is 1. The SMILES string of the molecule is CN[C@@H](C(=O)N1CCC[C@H]1C(=O)Cc1ccc2[nH]c(-c3ccc(CC(=O)[C@@H]4CCCN4C(=O)CC4CC4)cc3)cc2c1)c1ccccc1.